The second kappa shape index (κ2) is 16.5. The lowest BCUT2D eigenvalue weighted by atomic mass is 9.94. The summed E-state index contributed by atoms with van der Waals surface area (Å²) in [5.41, 5.74) is 13.7. The van der Waals surface area contributed by atoms with E-state index in [1.807, 2.05) is 42.5 Å². The lowest BCUT2D eigenvalue weighted by Crippen LogP contribution is -2.10. The Morgan fingerprint density at radius 2 is 0.868 bits per heavy atom. The first kappa shape index (κ1) is 34.4. The van der Waals surface area contributed by atoms with Crippen LogP contribution in [0.2, 0.25) is 0 Å². The lowest BCUT2D eigenvalue weighted by molar-refractivity contribution is 1.19. The summed E-state index contributed by atoms with van der Waals surface area (Å²) in [6.07, 6.45) is 0. The van der Waals surface area contributed by atoms with Gasteiger partial charge in [0.25, 0.3) is 0 Å². The summed E-state index contributed by atoms with van der Waals surface area (Å²) in [6, 6.07) is 82.1. The van der Waals surface area contributed by atoms with E-state index in [9.17, 15) is 0 Å². The molecule has 0 saturated heterocycles. The van der Waals surface area contributed by atoms with Crippen molar-refractivity contribution >= 4 is 71.2 Å². The Bertz CT molecular complexity index is 4270. The number of anilines is 3. The zero-order chi connectivity index (χ0) is 49.3. The molecule has 68 heavy (non-hydrogen) atoms. The topological polar surface area (TPSA) is 8.17 Å². The van der Waals surface area contributed by atoms with Crippen molar-refractivity contribution in [1.82, 2.24) is 4.57 Å². The zero-order valence-electron chi connectivity index (χ0n) is 41.9. The van der Waals surface area contributed by atoms with Gasteiger partial charge in [-0.1, -0.05) is 218 Å². The van der Waals surface area contributed by atoms with Crippen LogP contribution in [-0.4, -0.2) is 4.57 Å². The van der Waals surface area contributed by atoms with Gasteiger partial charge in [0.15, 0.2) is 0 Å². The second-order valence-electron chi connectivity index (χ2n) is 17.3. The van der Waals surface area contributed by atoms with Gasteiger partial charge in [-0.15, -0.1) is 0 Å². The molecule has 318 valence electrons. The van der Waals surface area contributed by atoms with E-state index in [4.69, 9.17) is 6.85 Å². The van der Waals surface area contributed by atoms with E-state index in [1.54, 1.807) is 0 Å². The highest BCUT2D eigenvalue weighted by Gasteiger charge is 2.20. The van der Waals surface area contributed by atoms with Crippen LogP contribution in [0, 0.1) is 0 Å². The first-order valence-corrected chi connectivity index (χ1v) is 23.0. The fourth-order valence-electron chi connectivity index (χ4n) is 10.1. The smallest absolute Gasteiger partial charge is 0.0629 e. The third kappa shape index (κ3) is 6.82. The predicted molar refractivity (Wildman–Crippen MR) is 290 cm³/mol. The molecule has 2 nitrogen and oxygen atoms in total. The minimum absolute atomic E-state index is 0.176. The van der Waals surface area contributed by atoms with Crippen molar-refractivity contribution in [2.24, 2.45) is 0 Å². The Hall–Kier alpha value is -8.98. The molecule has 0 aliphatic carbocycles. The van der Waals surface area contributed by atoms with E-state index in [0.717, 1.165) is 72.4 Å². The van der Waals surface area contributed by atoms with Gasteiger partial charge in [0.05, 0.1) is 23.6 Å². The molecule has 13 aromatic rings. The third-order valence-electron chi connectivity index (χ3n) is 13.5. The SMILES string of the molecule is [2H]c1c([2H])c([2H])c(-c2ccc(N(c3ccc(-c4ccccc4)cc3)c3ccc(-c4ccc(-c5ccc6c7ccc8ccccc8c7n(-c7ccc8ccccc8c7)c6c5)cc4)c4ccccc34)cc2)c([2H])c1[2H]. The molecule has 0 unspecified atom stereocenters. The summed E-state index contributed by atoms with van der Waals surface area (Å²) in [5.74, 6) is 0. The highest BCUT2D eigenvalue weighted by atomic mass is 15.1. The largest absolute Gasteiger partial charge is 0.310 e. The summed E-state index contributed by atoms with van der Waals surface area (Å²) >= 11 is 0. The summed E-state index contributed by atoms with van der Waals surface area (Å²) in [6.45, 7) is 0. The van der Waals surface area contributed by atoms with Crippen LogP contribution in [0.1, 0.15) is 6.85 Å². The van der Waals surface area contributed by atoms with Crippen LogP contribution in [0.15, 0.2) is 267 Å². The molecule has 2 heteroatoms. The van der Waals surface area contributed by atoms with Crippen LogP contribution in [0.25, 0.3) is 104 Å². The molecule has 0 radical (unpaired) electrons. The van der Waals surface area contributed by atoms with Gasteiger partial charge in [-0.25, -0.2) is 0 Å². The van der Waals surface area contributed by atoms with Crippen LogP contribution in [0.4, 0.5) is 17.1 Å². The molecule has 0 atom stereocenters. The molecule has 0 aliphatic rings. The number of fused-ring (bicyclic) bond motifs is 7. The molecule has 13 rings (SSSR count). The highest BCUT2D eigenvalue weighted by molar-refractivity contribution is 6.19. The Morgan fingerprint density at radius 3 is 1.62 bits per heavy atom. The van der Waals surface area contributed by atoms with E-state index >= 15 is 0 Å². The number of hydrogen-bond donors (Lipinski definition) is 0. The van der Waals surface area contributed by atoms with Crippen molar-refractivity contribution in [2.75, 3.05) is 4.90 Å². The van der Waals surface area contributed by atoms with E-state index in [0.29, 0.717) is 5.56 Å². The summed E-state index contributed by atoms with van der Waals surface area (Å²) in [5, 5.41) is 9.46. The van der Waals surface area contributed by atoms with Gasteiger partial charge >= 0.3 is 0 Å². The molecule has 0 bridgehead atoms. The number of aromatic nitrogens is 1. The molecule has 0 fully saturated rings. The Balaban J connectivity index is 0.904. The molecule has 0 saturated carbocycles. The quantitative estimate of drug-likeness (QED) is 0.148. The van der Waals surface area contributed by atoms with E-state index in [-0.39, 0.29) is 29.7 Å². The monoisotopic (exact) mass is 869 g/mol. The minimum atomic E-state index is -0.406. The summed E-state index contributed by atoms with van der Waals surface area (Å²) < 4.78 is 44.5. The van der Waals surface area contributed by atoms with Gasteiger partial charge in [-0.2, -0.15) is 0 Å². The van der Waals surface area contributed by atoms with Crippen molar-refractivity contribution in [2.45, 2.75) is 0 Å². The number of rotatable bonds is 8. The van der Waals surface area contributed by atoms with Crippen molar-refractivity contribution in [1.29, 1.82) is 0 Å². The molecule has 0 spiro atoms. The van der Waals surface area contributed by atoms with Crippen molar-refractivity contribution < 1.29 is 6.85 Å². The van der Waals surface area contributed by atoms with Gasteiger partial charge in [-0.05, 0) is 115 Å². The Labute approximate surface area is 402 Å². The molecule has 0 amide bonds. The van der Waals surface area contributed by atoms with Gasteiger partial charge < -0.3 is 9.47 Å². The number of hydrogen-bond acceptors (Lipinski definition) is 1. The standard InChI is InChI=1S/C66H44N2/c1-3-13-45(14-4-1)48-27-34-55(35-28-48)67(56-36-29-49(30-37-56)46-15-5-2-6-16-46)64-42-41-58(60-21-11-12-22-61(60)64)52-25-23-50(24-26-52)54-33-39-62-63-40-32-51-18-9-10-20-59(51)66(63)68(65(62)44-54)57-38-31-47-17-7-8-19-53(47)43-57/h1-44H/i1D,3D,4D,13D,14D. The van der Waals surface area contributed by atoms with Crippen molar-refractivity contribution in [3.05, 3.63) is 267 Å². The van der Waals surface area contributed by atoms with Crippen LogP contribution in [0.5, 0.6) is 0 Å². The molecule has 12 aromatic carbocycles. The van der Waals surface area contributed by atoms with Crippen LogP contribution >= 0.6 is 0 Å². The highest BCUT2D eigenvalue weighted by Crippen LogP contribution is 2.44. The minimum Gasteiger partial charge on any atom is -0.310 e. The summed E-state index contributed by atoms with van der Waals surface area (Å²) in [4.78, 5) is 2.23. The van der Waals surface area contributed by atoms with Crippen molar-refractivity contribution in [3.8, 4) is 50.2 Å². The van der Waals surface area contributed by atoms with Gasteiger partial charge in [0.1, 0.15) is 0 Å². The Kier molecular flexibility index (Phi) is 8.33. The lowest BCUT2D eigenvalue weighted by Gasteiger charge is -2.28. The molecule has 1 aromatic heterocycles. The van der Waals surface area contributed by atoms with E-state index < -0.39 is 6.04 Å². The van der Waals surface area contributed by atoms with Crippen molar-refractivity contribution in [3.63, 3.8) is 0 Å². The maximum absolute atomic E-state index is 8.65. The Morgan fingerprint density at radius 1 is 0.324 bits per heavy atom. The van der Waals surface area contributed by atoms with Crippen LogP contribution in [-0.2, 0) is 0 Å². The first-order valence-electron chi connectivity index (χ1n) is 25.5. The van der Waals surface area contributed by atoms with E-state index in [2.05, 4.69) is 204 Å². The van der Waals surface area contributed by atoms with Gasteiger partial charge in [0.2, 0.25) is 0 Å². The molecule has 0 N–H and O–H groups in total. The molecular formula is C66H44N2. The molecule has 0 aliphatic heterocycles. The van der Waals surface area contributed by atoms with Gasteiger partial charge in [0, 0.05) is 38.6 Å². The van der Waals surface area contributed by atoms with Gasteiger partial charge in [-0.3, -0.25) is 0 Å². The summed E-state index contributed by atoms with van der Waals surface area (Å²) in [7, 11) is 0. The number of nitrogens with zero attached hydrogens (tertiary/aromatic N) is 2. The first-order chi connectivity index (χ1) is 35.8. The maximum Gasteiger partial charge on any atom is 0.0629 e. The predicted octanol–water partition coefficient (Wildman–Crippen LogP) is 18.4. The second-order valence-corrected chi connectivity index (χ2v) is 17.3. The zero-order valence-corrected chi connectivity index (χ0v) is 36.9. The van der Waals surface area contributed by atoms with Crippen LogP contribution in [0.3, 0.4) is 0 Å². The average Bonchev–Trinajstić information content (AvgIpc) is 3.79. The molecule has 1 heterocycles. The van der Waals surface area contributed by atoms with Crippen LogP contribution < -0.4 is 4.90 Å². The fraction of sp³-hybridized carbons (Fsp3) is 0. The maximum atomic E-state index is 8.65. The average molecular weight is 870 g/mol. The number of benzene rings is 12. The van der Waals surface area contributed by atoms with E-state index in [1.165, 1.54) is 37.8 Å². The molecular weight excluding hydrogens is 821 g/mol. The normalized spacial score (nSPS) is 12.6. The fourth-order valence-corrected chi connectivity index (χ4v) is 10.1. The third-order valence-corrected chi connectivity index (χ3v) is 13.5.